The first kappa shape index (κ1) is 20.0. The average Bonchev–Trinajstić information content (AvgIpc) is 2.58. The Labute approximate surface area is 156 Å². The minimum Gasteiger partial charge on any atom is -0.348 e. The Morgan fingerprint density at radius 3 is 1.96 bits per heavy atom. The van der Waals surface area contributed by atoms with E-state index in [0.29, 0.717) is 5.69 Å². The summed E-state index contributed by atoms with van der Waals surface area (Å²) in [4.78, 5) is 12.5. The molecular formula is C20H26N2O3S. The zero-order valence-electron chi connectivity index (χ0n) is 15.7. The van der Waals surface area contributed by atoms with Gasteiger partial charge in [-0.1, -0.05) is 54.4 Å². The number of hydrogen-bond acceptors (Lipinski definition) is 3. The van der Waals surface area contributed by atoms with Crippen LogP contribution in [0.3, 0.4) is 0 Å². The molecule has 0 aromatic heterocycles. The second-order valence-electron chi connectivity index (χ2n) is 6.54. The summed E-state index contributed by atoms with van der Waals surface area (Å²) in [6, 6.07) is 14.9. The molecule has 0 bridgehead atoms. The molecule has 1 N–H and O–H groups in total. The van der Waals surface area contributed by atoms with E-state index in [2.05, 4.69) is 5.32 Å². The fourth-order valence-electron chi connectivity index (χ4n) is 2.70. The van der Waals surface area contributed by atoms with Gasteiger partial charge in [0.25, 0.3) is 0 Å². The fourth-order valence-corrected chi connectivity index (χ4v) is 3.56. The second kappa shape index (κ2) is 8.36. The van der Waals surface area contributed by atoms with Crippen LogP contribution in [-0.2, 0) is 14.8 Å². The van der Waals surface area contributed by atoms with Crippen molar-refractivity contribution in [3.63, 3.8) is 0 Å². The Kier molecular flexibility index (Phi) is 6.42. The molecule has 0 unspecified atom stereocenters. The molecule has 2 aromatic carbocycles. The lowest BCUT2D eigenvalue weighted by molar-refractivity contribution is -0.120. The van der Waals surface area contributed by atoms with Crippen LogP contribution in [0.1, 0.15) is 36.1 Å². The SMILES string of the molecule is CC[C@H](NC(=O)CN(c1ccc(C)cc1)S(C)(=O)=O)c1ccc(C)cc1. The maximum Gasteiger partial charge on any atom is 0.241 e. The van der Waals surface area contributed by atoms with Crippen LogP contribution in [-0.4, -0.2) is 27.1 Å². The van der Waals surface area contributed by atoms with Crippen LogP contribution >= 0.6 is 0 Å². The molecule has 0 aliphatic carbocycles. The molecule has 26 heavy (non-hydrogen) atoms. The van der Waals surface area contributed by atoms with Crippen molar-refractivity contribution in [3.8, 4) is 0 Å². The number of carbonyl (C=O) groups is 1. The van der Waals surface area contributed by atoms with Crippen molar-refractivity contribution in [2.24, 2.45) is 0 Å². The molecule has 0 saturated heterocycles. The van der Waals surface area contributed by atoms with E-state index in [4.69, 9.17) is 0 Å². The first-order valence-electron chi connectivity index (χ1n) is 8.61. The van der Waals surface area contributed by atoms with Crippen molar-refractivity contribution < 1.29 is 13.2 Å². The summed E-state index contributed by atoms with van der Waals surface area (Å²) in [6.07, 6.45) is 1.83. The first-order valence-corrected chi connectivity index (χ1v) is 10.5. The van der Waals surface area contributed by atoms with Crippen LogP contribution in [0.25, 0.3) is 0 Å². The summed E-state index contributed by atoms with van der Waals surface area (Å²) in [6.45, 7) is 5.67. The topological polar surface area (TPSA) is 66.5 Å². The largest absolute Gasteiger partial charge is 0.348 e. The van der Waals surface area contributed by atoms with Gasteiger partial charge < -0.3 is 5.32 Å². The summed E-state index contributed by atoms with van der Waals surface area (Å²) >= 11 is 0. The van der Waals surface area contributed by atoms with E-state index in [1.807, 2.05) is 57.2 Å². The number of amides is 1. The zero-order chi connectivity index (χ0) is 19.3. The lowest BCUT2D eigenvalue weighted by atomic mass is 10.0. The monoisotopic (exact) mass is 374 g/mol. The molecule has 140 valence electrons. The lowest BCUT2D eigenvalue weighted by Gasteiger charge is -2.24. The van der Waals surface area contributed by atoms with Crippen molar-refractivity contribution in [1.29, 1.82) is 0 Å². The molecule has 0 heterocycles. The molecule has 2 aromatic rings. The van der Waals surface area contributed by atoms with Crippen molar-refractivity contribution in [3.05, 3.63) is 65.2 Å². The minimum atomic E-state index is -3.57. The summed E-state index contributed by atoms with van der Waals surface area (Å²) in [5.41, 5.74) is 3.67. The third-order valence-corrected chi connectivity index (χ3v) is 5.37. The van der Waals surface area contributed by atoms with Crippen LogP contribution in [0.4, 0.5) is 5.69 Å². The maximum atomic E-state index is 12.5. The van der Waals surface area contributed by atoms with E-state index in [0.717, 1.165) is 33.7 Å². The molecule has 0 spiro atoms. The molecular weight excluding hydrogens is 348 g/mol. The van der Waals surface area contributed by atoms with Crippen molar-refractivity contribution in [1.82, 2.24) is 5.32 Å². The molecule has 0 fully saturated rings. The van der Waals surface area contributed by atoms with E-state index >= 15 is 0 Å². The third kappa shape index (κ3) is 5.33. The fraction of sp³-hybridized carbons (Fsp3) is 0.350. The van der Waals surface area contributed by atoms with Gasteiger partial charge in [0.2, 0.25) is 15.9 Å². The molecule has 1 amide bonds. The molecule has 5 nitrogen and oxygen atoms in total. The van der Waals surface area contributed by atoms with Gasteiger partial charge in [0.15, 0.2) is 0 Å². The minimum absolute atomic E-state index is 0.150. The number of sulfonamides is 1. The highest BCUT2D eigenvalue weighted by Crippen LogP contribution is 2.20. The van der Waals surface area contributed by atoms with Gasteiger partial charge in [-0.2, -0.15) is 0 Å². The Balaban J connectivity index is 2.16. The molecule has 0 radical (unpaired) electrons. The highest BCUT2D eigenvalue weighted by Gasteiger charge is 2.22. The smallest absolute Gasteiger partial charge is 0.241 e. The van der Waals surface area contributed by atoms with Gasteiger partial charge in [0.05, 0.1) is 18.0 Å². The van der Waals surface area contributed by atoms with Crippen LogP contribution in [0.15, 0.2) is 48.5 Å². The van der Waals surface area contributed by atoms with Crippen LogP contribution in [0, 0.1) is 13.8 Å². The maximum absolute atomic E-state index is 12.5. The number of rotatable bonds is 7. The number of anilines is 1. The molecule has 0 aliphatic heterocycles. The standard InChI is InChI=1S/C20H26N2O3S/c1-5-19(17-10-6-15(2)7-11-17)21-20(23)14-22(26(4,24)25)18-12-8-16(3)9-13-18/h6-13,19H,5,14H2,1-4H3,(H,21,23)/t19-/m0/s1. The number of nitrogens with zero attached hydrogens (tertiary/aromatic N) is 1. The number of nitrogens with one attached hydrogen (secondary N) is 1. The number of hydrogen-bond donors (Lipinski definition) is 1. The number of aryl methyl sites for hydroxylation is 2. The second-order valence-corrected chi connectivity index (χ2v) is 8.45. The van der Waals surface area contributed by atoms with E-state index < -0.39 is 10.0 Å². The van der Waals surface area contributed by atoms with Crippen molar-refractivity contribution in [2.45, 2.75) is 33.2 Å². The lowest BCUT2D eigenvalue weighted by Crippen LogP contribution is -2.41. The molecule has 0 aliphatic rings. The first-order chi connectivity index (χ1) is 12.2. The number of carbonyl (C=O) groups excluding carboxylic acids is 1. The van der Waals surface area contributed by atoms with Gasteiger partial charge in [-0.3, -0.25) is 9.10 Å². The zero-order valence-corrected chi connectivity index (χ0v) is 16.5. The summed E-state index contributed by atoms with van der Waals surface area (Å²) < 4.78 is 25.5. The normalized spacial score (nSPS) is 12.5. The third-order valence-electron chi connectivity index (χ3n) is 4.23. The Morgan fingerprint density at radius 1 is 1.00 bits per heavy atom. The highest BCUT2D eigenvalue weighted by atomic mass is 32.2. The van der Waals surface area contributed by atoms with E-state index in [-0.39, 0.29) is 18.5 Å². The Hall–Kier alpha value is -2.34. The van der Waals surface area contributed by atoms with E-state index in [9.17, 15) is 13.2 Å². The summed E-state index contributed by atoms with van der Waals surface area (Å²) in [5.74, 6) is -0.330. The summed E-state index contributed by atoms with van der Waals surface area (Å²) in [7, 11) is -3.57. The van der Waals surface area contributed by atoms with Crippen LogP contribution in [0.5, 0.6) is 0 Å². The molecule has 6 heteroatoms. The molecule has 1 atom stereocenters. The van der Waals surface area contributed by atoms with Gasteiger partial charge in [-0.25, -0.2) is 8.42 Å². The van der Waals surface area contributed by atoms with Crippen molar-refractivity contribution in [2.75, 3.05) is 17.1 Å². The van der Waals surface area contributed by atoms with Crippen LogP contribution < -0.4 is 9.62 Å². The van der Waals surface area contributed by atoms with Gasteiger partial charge >= 0.3 is 0 Å². The van der Waals surface area contributed by atoms with E-state index in [1.54, 1.807) is 12.1 Å². The van der Waals surface area contributed by atoms with Crippen LogP contribution in [0.2, 0.25) is 0 Å². The molecule has 2 rings (SSSR count). The Bertz CT molecular complexity index is 844. The molecule has 0 saturated carbocycles. The highest BCUT2D eigenvalue weighted by molar-refractivity contribution is 7.92. The quantitative estimate of drug-likeness (QED) is 0.808. The van der Waals surface area contributed by atoms with Gasteiger partial charge in [0.1, 0.15) is 6.54 Å². The predicted molar refractivity (Wildman–Crippen MR) is 106 cm³/mol. The van der Waals surface area contributed by atoms with Gasteiger partial charge in [-0.05, 0) is 38.0 Å². The predicted octanol–water partition coefficient (Wildman–Crippen LogP) is 3.34. The van der Waals surface area contributed by atoms with Gasteiger partial charge in [0, 0.05) is 0 Å². The van der Waals surface area contributed by atoms with E-state index in [1.165, 1.54) is 0 Å². The number of benzene rings is 2. The van der Waals surface area contributed by atoms with Gasteiger partial charge in [-0.15, -0.1) is 0 Å². The average molecular weight is 375 g/mol. The summed E-state index contributed by atoms with van der Waals surface area (Å²) in [5, 5.41) is 2.94. The van der Waals surface area contributed by atoms with Crippen molar-refractivity contribution >= 4 is 21.6 Å². The Morgan fingerprint density at radius 2 is 1.50 bits per heavy atom.